The molecule has 2 amide bonds. The van der Waals surface area contributed by atoms with Gasteiger partial charge in [-0.05, 0) is 75.4 Å². The molecule has 1 aliphatic rings. The number of rotatable bonds is 9. The molecule has 12 heteroatoms. The normalized spacial score (nSPS) is 14.6. The number of carbonyl (C=O) groups excluding carboxylic acids is 2. The van der Waals surface area contributed by atoms with Gasteiger partial charge in [0.2, 0.25) is 9.84 Å². The van der Waals surface area contributed by atoms with Crippen LogP contribution in [0.2, 0.25) is 0 Å². The quantitative estimate of drug-likeness (QED) is 0.217. The monoisotopic (exact) mass is 620 g/mol. The number of benzene rings is 3. The maximum absolute atomic E-state index is 13.2. The van der Waals surface area contributed by atoms with Crippen molar-refractivity contribution in [2.75, 3.05) is 18.5 Å². The Morgan fingerprint density at radius 1 is 1.07 bits per heavy atom. The van der Waals surface area contributed by atoms with Crippen molar-refractivity contribution in [2.24, 2.45) is 0 Å². The van der Waals surface area contributed by atoms with E-state index < -0.39 is 27.8 Å². The van der Waals surface area contributed by atoms with Crippen LogP contribution in [0.15, 0.2) is 82.7 Å². The van der Waals surface area contributed by atoms with Gasteiger partial charge in [0, 0.05) is 34.3 Å². The molecule has 0 saturated carbocycles. The summed E-state index contributed by atoms with van der Waals surface area (Å²) < 4.78 is 32.1. The number of amides is 2. The molecule has 43 heavy (non-hydrogen) atoms. The maximum atomic E-state index is 13.2. The molecule has 1 aliphatic heterocycles. The average Bonchev–Trinajstić information content (AvgIpc) is 3.44. The van der Waals surface area contributed by atoms with Crippen molar-refractivity contribution in [1.82, 2.24) is 15.6 Å². The molecule has 0 bridgehead atoms. The van der Waals surface area contributed by atoms with Crippen LogP contribution in [0.3, 0.4) is 0 Å². The molecule has 0 fully saturated rings. The average molecular weight is 621 g/mol. The summed E-state index contributed by atoms with van der Waals surface area (Å²) in [7, 11) is -3.95. The van der Waals surface area contributed by atoms with Crippen molar-refractivity contribution in [3.8, 4) is 16.3 Å². The summed E-state index contributed by atoms with van der Waals surface area (Å²) in [6.07, 6.45) is 1.05. The second kappa shape index (κ2) is 12.3. The Labute approximate surface area is 254 Å². The second-order valence-electron chi connectivity index (χ2n) is 11.1. The fourth-order valence-electron chi connectivity index (χ4n) is 4.36. The third-order valence-corrected chi connectivity index (χ3v) is 9.51. The van der Waals surface area contributed by atoms with Crippen LogP contribution in [-0.2, 0) is 16.4 Å². The predicted molar refractivity (Wildman–Crippen MR) is 164 cm³/mol. The minimum atomic E-state index is -3.95. The Balaban J connectivity index is 1.19. The first-order valence-electron chi connectivity index (χ1n) is 13.6. The number of aromatic nitrogens is 1. The van der Waals surface area contributed by atoms with E-state index in [9.17, 15) is 23.1 Å². The van der Waals surface area contributed by atoms with E-state index in [0.29, 0.717) is 12.3 Å². The number of β-amino-alcohol motifs (C(OH)–C–C–N with tert-alkyl or cyclic N) is 1. The van der Waals surface area contributed by atoms with E-state index in [1.54, 1.807) is 18.3 Å². The number of nitrogens with one attached hydrogen (secondary N) is 3. The highest BCUT2D eigenvalue weighted by atomic mass is 32.2. The van der Waals surface area contributed by atoms with Crippen molar-refractivity contribution < 1.29 is 27.9 Å². The minimum absolute atomic E-state index is 0.0517. The van der Waals surface area contributed by atoms with Gasteiger partial charge < -0.3 is 25.8 Å². The number of sulfone groups is 1. The molecule has 1 unspecified atom stereocenters. The summed E-state index contributed by atoms with van der Waals surface area (Å²) in [5.41, 5.74) is 1.11. The summed E-state index contributed by atoms with van der Waals surface area (Å²) in [5, 5.41) is 19.6. The second-order valence-corrected chi connectivity index (χ2v) is 14.1. The Morgan fingerprint density at radius 2 is 1.81 bits per heavy atom. The Kier molecular flexibility index (Phi) is 8.65. The van der Waals surface area contributed by atoms with Crippen molar-refractivity contribution in [2.45, 2.75) is 48.7 Å². The molecule has 4 aromatic rings. The number of hydrogen-bond acceptors (Lipinski definition) is 9. The Morgan fingerprint density at radius 3 is 2.56 bits per heavy atom. The van der Waals surface area contributed by atoms with Crippen molar-refractivity contribution in [3.63, 3.8) is 0 Å². The first-order valence-corrected chi connectivity index (χ1v) is 15.9. The molecule has 10 nitrogen and oxygen atoms in total. The van der Waals surface area contributed by atoms with Crippen LogP contribution in [0.25, 0.3) is 10.6 Å². The van der Waals surface area contributed by atoms with E-state index >= 15 is 0 Å². The van der Waals surface area contributed by atoms with Gasteiger partial charge in [-0.1, -0.05) is 12.1 Å². The zero-order valence-electron chi connectivity index (χ0n) is 23.9. The fourth-order valence-corrected chi connectivity index (χ4v) is 6.81. The van der Waals surface area contributed by atoms with E-state index in [-0.39, 0.29) is 45.3 Å². The molecule has 2 heterocycles. The number of ether oxygens (including phenoxy) is 1. The van der Waals surface area contributed by atoms with E-state index in [2.05, 4.69) is 20.9 Å². The van der Waals surface area contributed by atoms with Crippen molar-refractivity contribution in [3.05, 3.63) is 88.9 Å². The molecule has 1 atom stereocenters. The van der Waals surface area contributed by atoms with Gasteiger partial charge >= 0.3 is 0 Å². The van der Waals surface area contributed by atoms with E-state index in [0.717, 1.165) is 15.4 Å². The van der Waals surface area contributed by atoms with E-state index in [4.69, 9.17) is 4.74 Å². The van der Waals surface area contributed by atoms with Crippen LogP contribution in [0.1, 0.15) is 46.4 Å². The molecule has 5 rings (SSSR count). The zero-order chi connectivity index (χ0) is 30.8. The molecule has 224 valence electrons. The summed E-state index contributed by atoms with van der Waals surface area (Å²) >= 11 is 1.42. The lowest BCUT2D eigenvalue weighted by Crippen LogP contribution is -2.42. The number of carbonyl (C=O) groups is 2. The molecule has 0 radical (unpaired) electrons. The highest BCUT2D eigenvalue weighted by Crippen LogP contribution is 2.34. The number of aliphatic hydroxyl groups excluding tert-OH is 1. The van der Waals surface area contributed by atoms with Gasteiger partial charge in [-0.15, -0.1) is 11.3 Å². The molecule has 1 aromatic heterocycles. The summed E-state index contributed by atoms with van der Waals surface area (Å²) in [6.45, 7) is 6.91. The van der Waals surface area contributed by atoms with Gasteiger partial charge in [0.1, 0.15) is 23.5 Å². The molecule has 0 spiro atoms. The number of thiazole rings is 1. The summed E-state index contributed by atoms with van der Waals surface area (Å²) in [4.78, 5) is 30.8. The van der Waals surface area contributed by atoms with Gasteiger partial charge in [0.05, 0.1) is 27.6 Å². The van der Waals surface area contributed by atoms with Gasteiger partial charge in [-0.3, -0.25) is 9.59 Å². The number of anilines is 1. The van der Waals surface area contributed by atoms with Crippen molar-refractivity contribution >= 4 is 38.7 Å². The molecule has 3 aromatic carbocycles. The molecule has 0 aliphatic carbocycles. The number of aliphatic hydroxyl groups is 1. The zero-order valence-corrected chi connectivity index (χ0v) is 25.5. The third kappa shape index (κ3) is 7.11. The topological polar surface area (TPSA) is 147 Å². The smallest absolute Gasteiger partial charge is 0.257 e. The molecular formula is C31H32N4O6S2. The first-order chi connectivity index (χ1) is 20.4. The lowest BCUT2D eigenvalue weighted by molar-refractivity contribution is 0.0949. The lowest BCUT2D eigenvalue weighted by Gasteiger charge is -2.22. The van der Waals surface area contributed by atoms with Gasteiger partial charge in [-0.2, -0.15) is 0 Å². The Hall–Kier alpha value is -4.10. The Bertz CT molecular complexity index is 1760. The minimum Gasteiger partial charge on any atom is -0.491 e. The largest absolute Gasteiger partial charge is 0.491 e. The lowest BCUT2D eigenvalue weighted by atomic mass is 10.1. The highest BCUT2D eigenvalue weighted by Gasteiger charge is 2.31. The van der Waals surface area contributed by atoms with E-state index in [1.807, 2.05) is 45.0 Å². The van der Waals surface area contributed by atoms with Crippen LogP contribution < -0.4 is 20.7 Å². The number of fused-ring (bicyclic) bond motifs is 2. The molecule has 0 saturated heterocycles. The van der Waals surface area contributed by atoms with E-state index in [1.165, 1.54) is 41.7 Å². The highest BCUT2D eigenvalue weighted by molar-refractivity contribution is 7.91. The van der Waals surface area contributed by atoms with Gasteiger partial charge in [0.25, 0.3) is 11.8 Å². The summed E-state index contributed by atoms with van der Waals surface area (Å²) in [5.74, 6) is -0.345. The van der Waals surface area contributed by atoms with Crippen LogP contribution >= 0.6 is 11.3 Å². The maximum Gasteiger partial charge on any atom is 0.257 e. The number of hydrogen-bond donors (Lipinski definition) is 4. The summed E-state index contributed by atoms with van der Waals surface area (Å²) in [6, 6.07) is 17.5. The molecular weight excluding hydrogens is 588 g/mol. The fraction of sp³-hybridized carbons (Fsp3) is 0.258. The van der Waals surface area contributed by atoms with Crippen LogP contribution in [0, 0.1) is 0 Å². The van der Waals surface area contributed by atoms with Crippen molar-refractivity contribution in [1.29, 1.82) is 0 Å². The van der Waals surface area contributed by atoms with Crippen LogP contribution in [0.5, 0.6) is 5.75 Å². The number of nitrogens with zero attached hydrogens (tertiary/aromatic N) is 1. The predicted octanol–water partition coefficient (Wildman–Crippen LogP) is 4.27. The molecule has 4 N–H and O–H groups in total. The van der Waals surface area contributed by atoms with Crippen LogP contribution in [-0.4, -0.2) is 55.1 Å². The van der Waals surface area contributed by atoms with Gasteiger partial charge in [0.15, 0.2) is 0 Å². The first kappa shape index (κ1) is 30.4. The third-order valence-electron chi connectivity index (χ3n) is 6.59. The SMILES string of the molecule is CC(C)(C)NCC(O)COc1ccc(-c2ncc(CNC(=O)c3ccc4c(c3)NC(=O)c3ccccc3S4(=O)=O)s2)cc1. The standard InChI is InChI=1S/C31H32N4O6S2/c1-31(2,3)34-15-21(36)18-41-22-11-8-19(9-12-22)30-33-17-23(42-30)16-32-28(37)20-10-13-27-25(14-20)35-29(38)24-6-4-5-7-26(24)43(27,39)40/h4-14,17,21,34,36H,15-16,18H2,1-3H3,(H,32,37)(H,35,38). The van der Waals surface area contributed by atoms with Gasteiger partial charge in [-0.25, -0.2) is 13.4 Å². The van der Waals surface area contributed by atoms with Crippen LogP contribution in [0.4, 0.5) is 5.69 Å².